The molecule has 0 aliphatic heterocycles. The Morgan fingerprint density at radius 1 is 1.17 bits per heavy atom. The lowest BCUT2D eigenvalue weighted by Crippen LogP contribution is -2.18. The highest BCUT2D eigenvalue weighted by Crippen LogP contribution is 2.34. The Morgan fingerprint density at radius 2 is 1.78 bits per heavy atom. The molecule has 0 amide bonds. The van der Waals surface area contributed by atoms with Crippen LogP contribution in [0.1, 0.15) is 34.7 Å². The molecule has 2 rings (SSSR count). The van der Waals surface area contributed by atoms with Crippen LogP contribution in [-0.4, -0.2) is 11.1 Å². The van der Waals surface area contributed by atoms with Crippen LogP contribution < -0.4 is 5.73 Å². The van der Waals surface area contributed by atoms with Crippen LogP contribution in [0.15, 0.2) is 30.3 Å². The summed E-state index contributed by atoms with van der Waals surface area (Å²) in [7, 11) is 0. The lowest BCUT2D eigenvalue weighted by Gasteiger charge is -2.20. The third-order valence-electron chi connectivity index (χ3n) is 3.95. The van der Waals surface area contributed by atoms with Gasteiger partial charge in [-0.2, -0.15) is 0 Å². The molecule has 1 atom stereocenters. The molecule has 124 valence electrons. The normalized spacial score (nSPS) is 11.7. The highest BCUT2D eigenvalue weighted by atomic mass is 35.5. The monoisotopic (exact) mass is 337 g/mol. The van der Waals surface area contributed by atoms with Gasteiger partial charge in [0, 0.05) is 11.6 Å². The van der Waals surface area contributed by atoms with E-state index in [1.165, 1.54) is 0 Å². The number of hydrogen-bond acceptors (Lipinski definition) is 2. The molecule has 0 spiro atoms. The summed E-state index contributed by atoms with van der Waals surface area (Å²) in [6.07, 6.45) is -0.297. The predicted molar refractivity (Wildman–Crippen MR) is 92.5 cm³/mol. The molecule has 0 bridgehead atoms. The summed E-state index contributed by atoms with van der Waals surface area (Å²) in [5.41, 5.74) is 10.4. The minimum absolute atomic E-state index is 0. The second-order valence-electron chi connectivity index (χ2n) is 5.61. The van der Waals surface area contributed by atoms with Crippen molar-refractivity contribution in [1.29, 1.82) is 0 Å². The summed E-state index contributed by atoms with van der Waals surface area (Å²) < 4.78 is 14.5. The Morgan fingerprint density at radius 3 is 2.35 bits per heavy atom. The Bertz CT molecular complexity index is 731. The van der Waals surface area contributed by atoms with Crippen LogP contribution in [0.5, 0.6) is 0 Å². The molecule has 0 fully saturated rings. The van der Waals surface area contributed by atoms with Crippen molar-refractivity contribution >= 4 is 18.4 Å². The van der Waals surface area contributed by atoms with Gasteiger partial charge in [-0.05, 0) is 54.7 Å². The number of carboxylic acid groups (broad SMARTS) is 1. The number of aryl methyl sites for hydroxylation is 2. The summed E-state index contributed by atoms with van der Waals surface area (Å²) in [5, 5.41) is 8.92. The van der Waals surface area contributed by atoms with E-state index in [0.29, 0.717) is 16.7 Å². The van der Waals surface area contributed by atoms with Gasteiger partial charge in [0.05, 0.1) is 6.42 Å². The molecule has 23 heavy (non-hydrogen) atoms. The summed E-state index contributed by atoms with van der Waals surface area (Å²) >= 11 is 0. The third-order valence-corrected chi connectivity index (χ3v) is 3.95. The first kappa shape index (κ1) is 19.1. The van der Waals surface area contributed by atoms with Gasteiger partial charge in [0.15, 0.2) is 0 Å². The fourth-order valence-corrected chi connectivity index (χ4v) is 2.80. The van der Waals surface area contributed by atoms with E-state index >= 15 is 0 Å². The molecule has 2 aromatic rings. The maximum absolute atomic E-state index is 14.5. The van der Waals surface area contributed by atoms with E-state index in [2.05, 4.69) is 0 Å². The van der Waals surface area contributed by atoms with E-state index in [9.17, 15) is 9.18 Å². The Kier molecular flexibility index (Phi) is 6.30. The van der Waals surface area contributed by atoms with Crippen molar-refractivity contribution in [2.75, 3.05) is 0 Å². The highest BCUT2D eigenvalue weighted by Gasteiger charge is 2.22. The van der Waals surface area contributed by atoms with E-state index in [4.69, 9.17) is 10.8 Å². The largest absolute Gasteiger partial charge is 0.481 e. The topological polar surface area (TPSA) is 63.3 Å². The molecule has 0 aliphatic carbocycles. The van der Waals surface area contributed by atoms with Crippen LogP contribution in [0.3, 0.4) is 0 Å². The fourth-order valence-electron chi connectivity index (χ4n) is 2.80. The molecular weight excluding hydrogens is 317 g/mol. The average Bonchev–Trinajstić information content (AvgIpc) is 2.43. The van der Waals surface area contributed by atoms with Gasteiger partial charge in [-0.3, -0.25) is 4.79 Å². The van der Waals surface area contributed by atoms with Crippen LogP contribution in [0.4, 0.5) is 4.39 Å². The van der Waals surface area contributed by atoms with Crippen LogP contribution >= 0.6 is 12.4 Å². The van der Waals surface area contributed by atoms with Gasteiger partial charge in [0.25, 0.3) is 0 Å². The first-order chi connectivity index (χ1) is 10.3. The van der Waals surface area contributed by atoms with Gasteiger partial charge in [-0.1, -0.05) is 24.3 Å². The molecule has 0 saturated heterocycles. The number of halogens is 2. The van der Waals surface area contributed by atoms with Crippen molar-refractivity contribution in [2.45, 2.75) is 33.2 Å². The van der Waals surface area contributed by atoms with Crippen molar-refractivity contribution in [1.82, 2.24) is 0 Å². The molecule has 2 aromatic carbocycles. The average molecular weight is 338 g/mol. The number of carbonyl (C=O) groups is 1. The maximum atomic E-state index is 14.5. The van der Waals surface area contributed by atoms with Crippen LogP contribution in [0.25, 0.3) is 11.1 Å². The number of aliphatic carboxylic acids is 1. The van der Waals surface area contributed by atoms with E-state index in [-0.39, 0.29) is 18.8 Å². The zero-order valence-electron chi connectivity index (χ0n) is 13.4. The molecule has 0 aromatic heterocycles. The molecule has 3 N–H and O–H groups in total. The number of benzene rings is 2. The van der Waals surface area contributed by atoms with E-state index in [0.717, 1.165) is 16.7 Å². The Hall–Kier alpha value is -1.91. The fraction of sp³-hybridized carbons (Fsp3) is 0.278. The van der Waals surface area contributed by atoms with E-state index < -0.39 is 17.8 Å². The van der Waals surface area contributed by atoms with Gasteiger partial charge in [-0.15, -0.1) is 12.4 Å². The highest BCUT2D eigenvalue weighted by molar-refractivity contribution is 5.85. The van der Waals surface area contributed by atoms with Crippen molar-refractivity contribution in [3.8, 4) is 11.1 Å². The Labute approximate surface area is 141 Å². The second kappa shape index (κ2) is 7.57. The first-order valence-electron chi connectivity index (χ1n) is 7.16. The summed E-state index contributed by atoms with van der Waals surface area (Å²) in [6, 6.07) is 8.77. The zero-order chi connectivity index (χ0) is 16.4. The molecule has 3 nitrogen and oxygen atoms in total. The summed E-state index contributed by atoms with van der Waals surface area (Å²) in [5.74, 6) is -1.45. The first-order valence-corrected chi connectivity index (χ1v) is 7.16. The van der Waals surface area contributed by atoms with Crippen LogP contribution in [0.2, 0.25) is 0 Å². The van der Waals surface area contributed by atoms with Crippen molar-refractivity contribution in [3.05, 3.63) is 58.4 Å². The van der Waals surface area contributed by atoms with E-state index in [1.54, 1.807) is 19.9 Å². The molecule has 0 heterocycles. The van der Waals surface area contributed by atoms with E-state index in [1.807, 2.05) is 31.2 Å². The molecular formula is C18H21ClFNO2. The van der Waals surface area contributed by atoms with Crippen LogP contribution in [-0.2, 0) is 4.79 Å². The van der Waals surface area contributed by atoms with Gasteiger partial charge in [-0.25, -0.2) is 4.39 Å². The smallest absolute Gasteiger partial charge is 0.305 e. The number of rotatable bonds is 4. The summed E-state index contributed by atoms with van der Waals surface area (Å²) in [6.45, 7) is 5.46. The molecule has 0 saturated carbocycles. The Balaban J connectivity index is 0.00000264. The predicted octanol–water partition coefficient (Wildman–Crippen LogP) is 4.31. The van der Waals surface area contributed by atoms with Crippen molar-refractivity contribution < 1.29 is 14.3 Å². The van der Waals surface area contributed by atoms with Gasteiger partial charge >= 0.3 is 5.97 Å². The van der Waals surface area contributed by atoms with Crippen molar-refractivity contribution in [3.63, 3.8) is 0 Å². The lowest BCUT2D eigenvalue weighted by atomic mass is 9.88. The second-order valence-corrected chi connectivity index (χ2v) is 5.61. The van der Waals surface area contributed by atoms with Crippen LogP contribution in [0, 0.1) is 26.6 Å². The molecule has 0 unspecified atom stereocenters. The standard InChI is InChI=1S/C18H20FNO2.ClH/c1-10-6-4-5-7-13(10)14-8-11(2)18(19)17(12(14)3)15(20)9-16(21)22;/h4-8,15H,9,20H2,1-3H3,(H,21,22);1H/t15-;/m0./s1. The third kappa shape index (κ3) is 3.89. The SMILES string of the molecule is Cc1ccccc1-c1cc(C)c(F)c([C@@H](N)CC(=O)O)c1C.Cl. The van der Waals surface area contributed by atoms with Gasteiger partial charge < -0.3 is 10.8 Å². The molecule has 0 radical (unpaired) electrons. The minimum atomic E-state index is -1.04. The lowest BCUT2D eigenvalue weighted by molar-refractivity contribution is -0.137. The number of carboxylic acids is 1. The zero-order valence-corrected chi connectivity index (χ0v) is 14.2. The van der Waals surface area contributed by atoms with Crippen molar-refractivity contribution in [2.24, 2.45) is 5.73 Å². The molecule has 5 heteroatoms. The quantitative estimate of drug-likeness (QED) is 0.873. The summed E-state index contributed by atoms with van der Waals surface area (Å²) in [4.78, 5) is 10.9. The minimum Gasteiger partial charge on any atom is -0.481 e. The number of hydrogen-bond donors (Lipinski definition) is 2. The number of nitrogens with two attached hydrogens (primary N) is 1. The maximum Gasteiger partial charge on any atom is 0.305 e. The van der Waals surface area contributed by atoms with Gasteiger partial charge in [0.2, 0.25) is 0 Å². The van der Waals surface area contributed by atoms with Gasteiger partial charge in [0.1, 0.15) is 5.82 Å². The molecule has 0 aliphatic rings.